The number of hydrogen-bond donors (Lipinski definition) is 1. The fraction of sp³-hybridized carbons (Fsp3) is 0.692. The number of carboxylic acids is 1. The summed E-state index contributed by atoms with van der Waals surface area (Å²) in [6.45, 7) is 5.55. The van der Waals surface area contributed by atoms with Gasteiger partial charge in [-0.25, -0.2) is 4.98 Å². The molecule has 0 radical (unpaired) electrons. The molecule has 1 saturated heterocycles. The van der Waals surface area contributed by atoms with Crippen LogP contribution in [0.2, 0.25) is 0 Å². The van der Waals surface area contributed by atoms with Gasteiger partial charge in [-0.2, -0.15) is 0 Å². The number of aryl methyl sites for hydroxylation is 1. The first kappa shape index (κ1) is 13.1. The number of imidazole rings is 1. The Balaban J connectivity index is 2.34. The average molecular weight is 251 g/mol. The van der Waals surface area contributed by atoms with Gasteiger partial charge in [-0.1, -0.05) is 6.42 Å². The van der Waals surface area contributed by atoms with Crippen LogP contribution < -0.4 is 0 Å². The summed E-state index contributed by atoms with van der Waals surface area (Å²) < 4.78 is 1.95. The summed E-state index contributed by atoms with van der Waals surface area (Å²) in [6.07, 6.45) is 3.35. The zero-order valence-corrected chi connectivity index (χ0v) is 11.3. The molecule has 100 valence electrons. The SMILES string of the molecule is Cc1nc(C(C(=O)O)N2CCCCC2)c(C)n1C. The monoisotopic (exact) mass is 251 g/mol. The van der Waals surface area contributed by atoms with Crippen LogP contribution in [0.15, 0.2) is 0 Å². The fourth-order valence-corrected chi connectivity index (χ4v) is 2.63. The Labute approximate surface area is 107 Å². The molecule has 0 amide bonds. The maximum absolute atomic E-state index is 11.6. The van der Waals surface area contributed by atoms with Crippen LogP contribution in [-0.4, -0.2) is 38.6 Å². The number of piperidine rings is 1. The van der Waals surface area contributed by atoms with Gasteiger partial charge in [0.2, 0.25) is 0 Å². The van der Waals surface area contributed by atoms with E-state index < -0.39 is 12.0 Å². The molecule has 0 aromatic carbocycles. The third-order valence-electron chi connectivity index (χ3n) is 3.89. The third kappa shape index (κ3) is 2.27. The molecule has 1 atom stereocenters. The van der Waals surface area contributed by atoms with E-state index in [1.54, 1.807) is 0 Å². The maximum Gasteiger partial charge on any atom is 0.327 e. The van der Waals surface area contributed by atoms with Crippen LogP contribution in [-0.2, 0) is 11.8 Å². The highest BCUT2D eigenvalue weighted by Crippen LogP contribution is 2.26. The van der Waals surface area contributed by atoms with Crippen molar-refractivity contribution < 1.29 is 9.90 Å². The number of carboxylic acid groups (broad SMARTS) is 1. The summed E-state index contributed by atoms with van der Waals surface area (Å²) in [5.41, 5.74) is 1.65. The Bertz CT molecular complexity index is 447. The molecule has 0 bridgehead atoms. The number of carbonyl (C=O) groups is 1. The zero-order valence-electron chi connectivity index (χ0n) is 11.3. The summed E-state index contributed by atoms with van der Waals surface area (Å²) in [6, 6.07) is -0.592. The Hall–Kier alpha value is -1.36. The van der Waals surface area contributed by atoms with Crippen molar-refractivity contribution in [1.29, 1.82) is 0 Å². The Morgan fingerprint density at radius 1 is 1.28 bits per heavy atom. The number of nitrogens with zero attached hydrogens (tertiary/aromatic N) is 3. The van der Waals surface area contributed by atoms with E-state index in [9.17, 15) is 9.90 Å². The van der Waals surface area contributed by atoms with E-state index >= 15 is 0 Å². The summed E-state index contributed by atoms with van der Waals surface area (Å²) in [7, 11) is 1.93. The summed E-state index contributed by atoms with van der Waals surface area (Å²) in [5.74, 6) is 0.0730. The second kappa shape index (κ2) is 5.10. The molecule has 5 heteroatoms. The lowest BCUT2D eigenvalue weighted by molar-refractivity contribution is -0.144. The molecule has 1 fully saturated rings. The summed E-state index contributed by atoms with van der Waals surface area (Å²) in [4.78, 5) is 18.1. The van der Waals surface area contributed by atoms with Gasteiger partial charge < -0.3 is 9.67 Å². The number of aliphatic carboxylic acids is 1. The van der Waals surface area contributed by atoms with Crippen molar-refractivity contribution in [2.45, 2.75) is 39.2 Å². The highest BCUT2D eigenvalue weighted by atomic mass is 16.4. The van der Waals surface area contributed by atoms with Gasteiger partial charge in [-0.05, 0) is 39.8 Å². The molecule has 1 aliphatic heterocycles. The molecule has 1 N–H and O–H groups in total. The molecule has 2 rings (SSSR count). The van der Waals surface area contributed by atoms with Crippen molar-refractivity contribution in [2.75, 3.05) is 13.1 Å². The van der Waals surface area contributed by atoms with E-state index in [2.05, 4.69) is 4.98 Å². The second-order valence-electron chi connectivity index (χ2n) is 5.03. The first-order chi connectivity index (χ1) is 8.52. The zero-order chi connectivity index (χ0) is 13.3. The van der Waals surface area contributed by atoms with Gasteiger partial charge in [0.25, 0.3) is 0 Å². The number of likely N-dealkylation sites (tertiary alicyclic amines) is 1. The fourth-order valence-electron chi connectivity index (χ4n) is 2.63. The van der Waals surface area contributed by atoms with Gasteiger partial charge in [-0.3, -0.25) is 9.69 Å². The molecule has 1 aromatic rings. The Morgan fingerprint density at radius 2 is 1.89 bits per heavy atom. The largest absolute Gasteiger partial charge is 0.480 e. The van der Waals surface area contributed by atoms with E-state index in [1.807, 2.05) is 30.4 Å². The Morgan fingerprint density at radius 3 is 2.33 bits per heavy atom. The van der Waals surface area contributed by atoms with Gasteiger partial charge in [0.1, 0.15) is 5.82 Å². The highest BCUT2D eigenvalue weighted by Gasteiger charge is 2.32. The van der Waals surface area contributed by atoms with Crippen molar-refractivity contribution in [3.63, 3.8) is 0 Å². The quantitative estimate of drug-likeness (QED) is 0.887. The van der Waals surface area contributed by atoms with Gasteiger partial charge in [0.05, 0.1) is 5.69 Å². The molecule has 0 aliphatic carbocycles. The van der Waals surface area contributed by atoms with Crippen molar-refractivity contribution in [1.82, 2.24) is 14.5 Å². The molecule has 2 heterocycles. The topological polar surface area (TPSA) is 58.4 Å². The van der Waals surface area contributed by atoms with Crippen LogP contribution in [0, 0.1) is 13.8 Å². The van der Waals surface area contributed by atoms with Gasteiger partial charge in [0.15, 0.2) is 6.04 Å². The number of hydrogen-bond acceptors (Lipinski definition) is 3. The molecule has 18 heavy (non-hydrogen) atoms. The van der Waals surface area contributed by atoms with Crippen LogP contribution >= 0.6 is 0 Å². The van der Waals surface area contributed by atoms with E-state index in [0.717, 1.165) is 37.4 Å². The van der Waals surface area contributed by atoms with Crippen LogP contribution in [0.25, 0.3) is 0 Å². The minimum Gasteiger partial charge on any atom is -0.480 e. The lowest BCUT2D eigenvalue weighted by atomic mass is 10.1. The lowest BCUT2D eigenvalue weighted by Crippen LogP contribution is -2.38. The smallest absolute Gasteiger partial charge is 0.327 e. The number of aromatic nitrogens is 2. The number of rotatable bonds is 3. The summed E-state index contributed by atoms with van der Waals surface area (Å²) in [5, 5.41) is 9.51. The van der Waals surface area contributed by atoms with Crippen LogP contribution in [0.5, 0.6) is 0 Å². The molecule has 0 saturated carbocycles. The molecular formula is C13H21N3O2. The van der Waals surface area contributed by atoms with Gasteiger partial charge >= 0.3 is 5.97 Å². The van der Waals surface area contributed by atoms with Crippen molar-refractivity contribution in [3.05, 3.63) is 17.2 Å². The lowest BCUT2D eigenvalue weighted by Gasteiger charge is -2.31. The molecule has 5 nitrogen and oxygen atoms in total. The van der Waals surface area contributed by atoms with Crippen molar-refractivity contribution >= 4 is 5.97 Å². The van der Waals surface area contributed by atoms with Crippen LogP contribution in [0.4, 0.5) is 0 Å². The van der Waals surface area contributed by atoms with E-state index in [4.69, 9.17) is 0 Å². The molecule has 1 aromatic heterocycles. The van der Waals surface area contributed by atoms with Crippen LogP contribution in [0.1, 0.15) is 42.5 Å². The highest BCUT2D eigenvalue weighted by molar-refractivity contribution is 5.75. The first-order valence-electron chi connectivity index (χ1n) is 6.49. The molecule has 0 spiro atoms. The second-order valence-corrected chi connectivity index (χ2v) is 5.03. The van der Waals surface area contributed by atoms with E-state index in [1.165, 1.54) is 6.42 Å². The molecule has 1 aliphatic rings. The van der Waals surface area contributed by atoms with Gasteiger partial charge in [-0.15, -0.1) is 0 Å². The molecule has 1 unspecified atom stereocenters. The average Bonchev–Trinajstić information content (AvgIpc) is 2.59. The van der Waals surface area contributed by atoms with Gasteiger partial charge in [0, 0.05) is 12.7 Å². The van der Waals surface area contributed by atoms with Crippen LogP contribution in [0.3, 0.4) is 0 Å². The maximum atomic E-state index is 11.6. The van der Waals surface area contributed by atoms with Crippen molar-refractivity contribution in [3.8, 4) is 0 Å². The third-order valence-corrected chi connectivity index (χ3v) is 3.89. The van der Waals surface area contributed by atoms with Crippen molar-refractivity contribution in [2.24, 2.45) is 7.05 Å². The van der Waals surface area contributed by atoms with E-state index in [0.29, 0.717) is 5.69 Å². The Kier molecular flexibility index (Phi) is 3.71. The normalized spacial score (nSPS) is 18.8. The summed E-state index contributed by atoms with van der Waals surface area (Å²) >= 11 is 0. The standard InChI is InChI=1S/C13H21N3O2/c1-9-11(14-10(2)15(9)3)12(13(17)18)16-7-5-4-6-8-16/h12H,4-8H2,1-3H3,(H,17,18). The van der Waals surface area contributed by atoms with E-state index in [-0.39, 0.29) is 0 Å². The predicted molar refractivity (Wildman–Crippen MR) is 68.5 cm³/mol. The molecular weight excluding hydrogens is 230 g/mol. The minimum atomic E-state index is -0.793. The predicted octanol–water partition coefficient (Wildman–Crippen LogP) is 1.65. The first-order valence-corrected chi connectivity index (χ1v) is 6.49. The minimum absolute atomic E-state index is 0.592.